The lowest BCUT2D eigenvalue weighted by Crippen LogP contribution is -2.24. The second-order valence-corrected chi connectivity index (χ2v) is 4.21. The van der Waals surface area contributed by atoms with Crippen molar-refractivity contribution in [1.82, 2.24) is 15.3 Å². The first-order valence-electron chi connectivity index (χ1n) is 5.90. The minimum absolute atomic E-state index is 0.0470. The lowest BCUT2D eigenvalue weighted by molar-refractivity contribution is 0.0946. The molecule has 19 heavy (non-hydrogen) atoms. The maximum absolute atomic E-state index is 13.8. The predicted octanol–water partition coefficient (Wildman–Crippen LogP) is 2.16. The predicted molar refractivity (Wildman–Crippen MR) is 69.1 cm³/mol. The summed E-state index contributed by atoms with van der Waals surface area (Å²) < 4.78 is 13.8. The number of aryl methyl sites for hydroxylation is 2. The average molecular weight is 259 g/mol. The van der Waals surface area contributed by atoms with Gasteiger partial charge in [-0.3, -0.25) is 4.79 Å². The van der Waals surface area contributed by atoms with Gasteiger partial charge in [-0.1, -0.05) is 12.1 Å². The van der Waals surface area contributed by atoms with Gasteiger partial charge in [-0.2, -0.15) is 0 Å². The molecule has 0 fully saturated rings. The fourth-order valence-electron chi connectivity index (χ4n) is 1.69. The summed E-state index contributed by atoms with van der Waals surface area (Å²) in [6.07, 6.45) is 1.62. The number of hydrogen-bond acceptors (Lipinski definition) is 3. The van der Waals surface area contributed by atoms with Gasteiger partial charge in [0, 0.05) is 6.20 Å². The molecule has 1 N–H and O–H groups in total. The second kappa shape index (κ2) is 5.56. The topological polar surface area (TPSA) is 54.9 Å². The first-order chi connectivity index (χ1) is 9.08. The van der Waals surface area contributed by atoms with Crippen LogP contribution in [0.5, 0.6) is 0 Å². The summed E-state index contributed by atoms with van der Waals surface area (Å²) in [7, 11) is 0. The van der Waals surface area contributed by atoms with E-state index in [0.717, 1.165) is 0 Å². The standard InChI is InChI=1S/C14H14FN3O/c1-9-4-3-5-12(13(9)15)14(19)17-8-11-6-7-16-10(2)18-11/h3-7H,8H2,1-2H3,(H,17,19). The summed E-state index contributed by atoms with van der Waals surface area (Å²) in [5.74, 6) is -0.301. The van der Waals surface area contributed by atoms with Gasteiger partial charge in [0.2, 0.25) is 0 Å². The Kier molecular flexibility index (Phi) is 3.85. The van der Waals surface area contributed by atoms with E-state index < -0.39 is 11.7 Å². The molecule has 0 spiro atoms. The number of nitrogens with zero attached hydrogens (tertiary/aromatic N) is 2. The third-order valence-electron chi connectivity index (χ3n) is 2.70. The molecule has 1 aromatic carbocycles. The number of carbonyl (C=O) groups excluding carboxylic acids is 1. The van der Waals surface area contributed by atoms with Gasteiger partial charge in [0.05, 0.1) is 17.8 Å². The van der Waals surface area contributed by atoms with Crippen LogP contribution in [0.15, 0.2) is 30.5 Å². The number of carbonyl (C=O) groups is 1. The van der Waals surface area contributed by atoms with E-state index in [1.165, 1.54) is 6.07 Å². The van der Waals surface area contributed by atoms with Crippen molar-refractivity contribution in [2.24, 2.45) is 0 Å². The first-order valence-corrected chi connectivity index (χ1v) is 5.90. The molecule has 1 amide bonds. The fourth-order valence-corrected chi connectivity index (χ4v) is 1.69. The SMILES string of the molecule is Cc1nccc(CNC(=O)c2cccc(C)c2F)n1. The Hall–Kier alpha value is -2.30. The number of halogens is 1. The number of amides is 1. The van der Waals surface area contributed by atoms with Gasteiger partial charge in [-0.05, 0) is 31.5 Å². The molecular weight excluding hydrogens is 245 g/mol. The van der Waals surface area contributed by atoms with Crippen molar-refractivity contribution in [2.75, 3.05) is 0 Å². The van der Waals surface area contributed by atoms with Crippen LogP contribution in [-0.4, -0.2) is 15.9 Å². The van der Waals surface area contributed by atoms with Gasteiger partial charge in [-0.25, -0.2) is 14.4 Å². The number of benzene rings is 1. The number of rotatable bonds is 3. The highest BCUT2D eigenvalue weighted by Gasteiger charge is 2.12. The molecule has 1 heterocycles. The highest BCUT2D eigenvalue weighted by atomic mass is 19.1. The quantitative estimate of drug-likeness (QED) is 0.919. The van der Waals surface area contributed by atoms with E-state index in [0.29, 0.717) is 17.1 Å². The molecule has 1 aromatic heterocycles. The van der Waals surface area contributed by atoms with Crippen molar-refractivity contribution in [3.8, 4) is 0 Å². The van der Waals surface area contributed by atoms with Crippen molar-refractivity contribution < 1.29 is 9.18 Å². The van der Waals surface area contributed by atoms with Crippen molar-refractivity contribution in [2.45, 2.75) is 20.4 Å². The molecule has 4 nitrogen and oxygen atoms in total. The smallest absolute Gasteiger partial charge is 0.254 e. The molecule has 2 aromatic rings. The molecule has 0 saturated heterocycles. The third-order valence-corrected chi connectivity index (χ3v) is 2.70. The van der Waals surface area contributed by atoms with Crippen LogP contribution in [0, 0.1) is 19.7 Å². The first kappa shape index (κ1) is 13.1. The molecule has 0 bridgehead atoms. The maximum atomic E-state index is 13.8. The molecule has 0 saturated carbocycles. The highest BCUT2D eigenvalue weighted by Crippen LogP contribution is 2.11. The van der Waals surface area contributed by atoms with E-state index in [4.69, 9.17) is 0 Å². The largest absolute Gasteiger partial charge is 0.346 e. The zero-order chi connectivity index (χ0) is 13.8. The molecule has 0 aliphatic carbocycles. The van der Waals surface area contributed by atoms with Crippen LogP contribution in [0.3, 0.4) is 0 Å². The summed E-state index contributed by atoms with van der Waals surface area (Å²) in [6.45, 7) is 3.64. The van der Waals surface area contributed by atoms with Crippen molar-refractivity contribution in [3.63, 3.8) is 0 Å². The van der Waals surface area contributed by atoms with Gasteiger partial charge in [0.1, 0.15) is 11.6 Å². The minimum Gasteiger partial charge on any atom is -0.346 e. The lowest BCUT2D eigenvalue weighted by Gasteiger charge is -2.07. The molecule has 98 valence electrons. The van der Waals surface area contributed by atoms with Crippen LogP contribution in [0.1, 0.15) is 27.4 Å². The third kappa shape index (κ3) is 3.13. The monoisotopic (exact) mass is 259 g/mol. The van der Waals surface area contributed by atoms with Gasteiger partial charge >= 0.3 is 0 Å². The lowest BCUT2D eigenvalue weighted by atomic mass is 10.1. The van der Waals surface area contributed by atoms with E-state index in [9.17, 15) is 9.18 Å². The van der Waals surface area contributed by atoms with Crippen LogP contribution in [-0.2, 0) is 6.54 Å². The van der Waals surface area contributed by atoms with E-state index in [-0.39, 0.29) is 12.1 Å². The Balaban J connectivity index is 2.08. The second-order valence-electron chi connectivity index (χ2n) is 4.21. The summed E-state index contributed by atoms with van der Waals surface area (Å²) in [6, 6.07) is 6.45. The average Bonchev–Trinajstić information content (AvgIpc) is 2.39. The van der Waals surface area contributed by atoms with Crippen molar-refractivity contribution in [1.29, 1.82) is 0 Å². The number of nitrogens with one attached hydrogen (secondary N) is 1. The Morgan fingerprint density at radius 1 is 1.32 bits per heavy atom. The molecule has 0 atom stereocenters. The highest BCUT2D eigenvalue weighted by molar-refractivity contribution is 5.94. The summed E-state index contributed by atoms with van der Waals surface area (Å²) in [4.78, 5) is 20.0. The summed E-state index contributed by atoms with van der Waals surface area (Å²) >= 11 is 0. The number of aromatic nitrogens is 2. The van der Waals surface area contributed by atoms with Crippen LogP contribution in [0.2, 0.25) is 0 Å². The minimum atomic E-state index is -0.487. The van der Waals surface area contributed by atoms with Gasteiger partial charge in [-0.15, -0.1) is 0 Å². The Morgan fingerprint density at radius 3 is 2.84 bits per heavy atom. The van der Waals surface area contributed by atoms with Crippen LogP contribution < -0.4 is 5.32 Å². The van der Waals surface area contributed by atoms with Gasteiger partial charge < -0.3 is 5.32 Å². The molecule has 0 aliphatic rings. The van der Waals surface area contributed by atoms with Crippen LogP contribution in [0.4, 0.5) is 4.39 Å². The van der Waals surface area contributed by atoms with Crippen molar-refractivity contribution >= 4 is 5.91 Å². The summed E-state index contributed by atoms with van der Waals surface area (Å²) in [5, 5.41) is 2.64. The molecular formula is C14H14FN3O. The fraction of sp³-hybridized carbons (Fsp3) is 0.214. The van der Waals surface area contributed by atoms with E-state index >= 15 is 0 Å². The van der Waals surface area contributed by atoms with E-state index in [1.807, 2.05) is 0 Å². The van der Waals surface area contributed by atoms with Gasteiger partial charge in [0.15, 0.2) is 0 Å². The Labute approximate surface area is 110 Å². The molecule has 5 heteroatoms. The number of hydrogen-bond donors (Lipinski definition) is 1. The molecule has 2 rings (SSSR count). The molecule has 0 aliphatic heterocycles. The normalized spacial score (nSPS) is 10.3. The van der Waals surface area contributed by atoms with Crippen LogP contribution >= 0.6 is 0 Å². The van der Waals surface area contributed by atoms with Crippen molar-refractivity contribution in [3.05, 3.63) is 58.9 Å². The van der Waals surface area contributed by atoms with Gasteiger partial charge in [0.25, 0.3) is 5.91 Å². The summed E-state index contributed by atoms with van der Waals surface area (Å²) in [5.41, 5.74) is 1.19. The zero-order valence-electron chi connectivity index (χ0n) is 10.8. The van der Waals surface area contributed by atoms with E-state index in [1.54, 1.807) is 38.2 Å². The maximum Gasteiger partial charge on any atom is 0.254 e. The Morgan fingerprint density at radius 2 is 2.11 bits per heavy atom. The van der Waals surface area contributed by atoms with Crippen LogP contribution in [0.25, 0.3) is 0 Å². The molecule has 0 unspecified atom stereocenters. The molecule has 0 radical (unpaired) electrons. The van der Waals surface area contributed by atoms with E-state index in [2.05, 4.69) is 15.3 Å². The zero-order valence-corrected chi connectivity index (χ0v) is 10.8. The Bertz CT molecular complexity index is 613.